The molecule has 0 heterocycles. The average molecular weight is 259 g/mol. The molecule has 6 heteroatoms. The number of hydrogen-bond donors (Lipinski definition) is 2. The Balaban J connectivity index is 3.89. The van der Waals surface area contributed by atoms with E-state index in [2.05, 4.69) is 5.32 Å². The van der Waals surface area contributed by atoms with Gasteiger partial charge in [0.25, 0.3) is 0 Å². The molecule has 0 aromatic carbocycles. The van der Waals surface area contributed by atoms with Gasteiger partial charge in [-0.15, -0.1) is 0 Å². The molecule has 0 atom stereocenters. The Morgan fingerprint density at radius 1 is 1.39 bits per heavy atom. The fourth-order valence-electron chi connectivity index (χ4n) is 1.33. The van der Waals surface area contributed by atoms with Gasteiger partial charge in [0.15, 0.2) is 0 Å². The van der Waals surface area contributed by atoms with Crippen molar-refractivity contribution in [3.8, 4) is 0 Å². The lowest BCUT2D eigenvalue weighted by Crippen LogP contribution is -2.43. The summed E-state index contributed by atoms with van der Waals surface area (Å²) in [5.74, 6) is -0.300. The fraction of sp³-hybridized carbons (Fsp3) is 0.833. The second kappa shape index (κ2) is 8.05. The third-order valence-electron chi connectivity index (χ3n) is 2.26. The highest BCUT2D eigenvalue weighted by Gasteiger charge is 2.20. The number of methoxy groups -OCH3 is 1. The fourth-order valence-corrected chi connectivity index (χ4v) is 1.33. The van der Waals surface area contributed by atoms with Crippen LogP contribution in [0.25, 0.3) is 0 Å². The minimum Gasteiger partial charge on any atom is -0.385 e. The largest absolute Gasteiger partial charge is 0.385 e. The minimum absolute atomic E-state index is 0.0574. The van der Waals surface area contributed by atoms with Gasteiger partial charge in [0.05, 0.1) is 6.54 Å². The highest BCUT2D eigenvalue weighted by molar-refractivity contribution is 5.84. The summed E-state index contributed by atoms with van der Waals surface area (Å²) in [6.07, 6.45) is 0.982. The molecule has 0 bridgehead atoms. The van der Waals surface area contributed by atoms with Crippen LogP contribution < -0.4 is 11.1 Å². The molecule has 106 valence electrons. The Bertz CT molecular complexity index is 274. The van der Waals surface area contributed by atoms with Gasteiger partial charge in [0.1, 0.15) is 0 Å². The van der Waals surface area contributed by atoms with E-state index in [9.17, 15) is 9.59 Å². The summed E-state index contributed by atoms with van der Waals surface area (Å²) in [6.45, 7) is 4.78. The van der Waals surface area contributed by atoms with Gasteiger partial charge in [-0.25, -0.2) is 0 Å². The molecule has 6 nitrogen and oxygen atoms in total. The van der Waals surface area contributed by atoms with Gasteiger partial charge < -0.3 is 20.7 Å². The van der Waals surface area contributed by atoms with Crippen molar-refractivity contribution in [2.24, 2.45) is 5.73 Å². The van der Waals surface area contributed by atoms with E-state index in [-0.39, 0.29) is 24.8 Å². The van der Waals surface area contributed by atoms with Crippen LogP contribution in [0.2, 0.25) is 0 Å². The van der Waals surface area contributed by atoms with Crippen LogP contribution in [0.15, 0.2) is 0 Å². The maximum atomic E-state index is 11.7. The maximum absolute atomic E-state index is 11.7. The van der Waals surface area contributed by atoms with Gasteiger partial charge in [-0.2, -0.15) is 0 Å². The second-order valence-corrected chi connectivity index (χ2v) is 5.11. The number of hydrogen-bond acceptors (Lipinski definition) is 4. The van der Waals surface area contributed by atoms with Crippen molar-refractivity contribution in [1.82, 2.24) is 10.2 Å². The number of likely N-dealkylation sites (N-methyl/N-ethyl adjacent to an activating group) is 1. The smallest absolute Gasteiger partial charge is 0.239 e. The zero-order chi connectivity index (χ0) is 14.2. The van der Waals surface area contributed by atoms with Crippen molar-refractivity contribution in [2.75, 3.05) is 33.9 Å². The first-order valence-corrected chi connectivity index (χ1v) is 6.05. The quantitative estimate of drug-likeness (QED) is 0.587. The Kier molecular flexibility index (Phi) is 7.54. The standard InChI is InChI=1S/C12H25N3O3/c1-12(2,13)8-11(17)15(3)9-10(16)14-6-5-7-18-4/h5-9,13H2,1-4H3,(H,14,16). The highest BCUT2D eigenvalue weighted by Crippen LogP contribution is 2.05. The number of nitrogens with one attached hydrogen (secondary N) is 1. The molecule has 3 N–H and O–H groups in total. The van der Waals surface area contributed by atoms with Crippen LogP contribution in [0.5, 0.6) is 0 Å². The van der Waals surface area contributed by atoms with Gasteiger partial charge in [-0.1, -0.05) is 0 Å². The molecule has 0 aliphatic carbocycles. The van der Waals surface area contributed by atoms with E-state index in [4.69, 9.17) is 10.5 Å². The maximum Gasteiger partial charge on any atom is 0.239 e. The van der Waals surface area contributed by atoms with Crippen LogP contribution in [0.4, 0.5) is 0 Å². The number of ether oxygens (including phenoxy) is 1. The van der Waals surface area contributed by atoms with E-state index in [0.717, 1.165) is 6.42 Å². The second-order valence-electron chi connectivity index (χ2n) is 5.11. The van der Waals surface area contributed by atoms with Crippen molar-refractivity contribution in [3.05, 3.63) is 0 Å². The van der Waals surface area contributed by atoms with Crippen LogP contribution in [0.3, 0.4) is 0 Å². The van der Waals surface area contributed by atoms with Gasteiger partial charge in [0, 0.05) is 39.3 Å². The molecule has 0 spiro atoms. The first-order chi connectivity index (χ1) is 8.26. The van der Waals surface area contributed by atoms with E-state index >= 15 is 0 Å². The monoisotopic (exact) mass is 259 g/mol. The summed E-state index contributed by atoms with van der Waals surface area (Å²) < 4.78 is 4.87. The highest BCUT2D eigenvalue weighted by atomic mass is 16.5. The molecular weight excluding hydrogens is 234 g/mol. The Morgan fingerprint density at radius 2 is 2.00 bits per heavy atom. The zero-order valence-corrected chi connectivity index (χ0v) is 11.8. The third kappa shape index (κ3) is 8.95. The number of carbonyl (C=O) groups is 2. The predicted octanol–water partition coefficient (Wildman–Crippen LogP) is -0.275. The number of carbonyl (C=O) groups excluding carboxylic acids is 2. The summed E-state index contributed by atoms with van der Waals surface area (Å²) in [4.78, 5) is 24.6. The van der Waals surface area contributed by atoms with E-state index in [1.54, 1.807) is 28.0 Å². The van der Waals surface area contributed by atoms with Crippen LogP contribution in [0.1, 0.15) is 26.7 Å². The summed E-state index contributed by atoms with van der Waals surface area (Å²) in [7, 11) is 3.21. The van der Waals surface area contributed by atoms with Gasteiger partial charge in [-0.3, -0.25) is 9.59 Å². The Labute approximate surface area is 109 Å². The third-order valence-corrected chi connectivity index (χ3v) is 2.26. The average Bonchev–Trinajstić information content (AvgIpc) is 2.22. The molecule has 0 fully saturated rings. The van der Waals surface area contributed by atoms with Crippen LogP contribution >= 0.6 is 0 Å². The van der Waals surface area contributed by atoms with E-state index in [0.29, 0.717) is 13.2 Å². The summed E-state index contributed by atoms with van der Waals surface area (Å²) >= 11 is 0. The molecule has 0 radical (unpaired) electrons. The van der Waals surface area contributed by atoms with Gasteiger partial charge in [-0.05, 0) is 20.3 Å². The van der Waals surface area contributed by atoms with Crippen molar-refractivity contribution < 1.29 is 14.3 Å². The molecule has 0 rings (SSSR count). The normalized spacial score (nSPS) is 11.2. The van der Waals surface area contributed by atoms with Crippen molar-refractivity contribution in [2.45, 2.75) is 32.2 Å². The minimum atomic E-state index is -0.555. The van der Waals surface area contributed by atoms with Crippen LogP contribution in [-0.4, -0.2) is 56.1 Å². The molecule has 0 aliphatic heterocycles. The topological polar surface area (TPSA) is 84.7 Å². The lowest BCUT2D eigenvalue weighted by atomic mass is 10.0. The summed E-state index contributed by atoms with van der Waals surface area (Å²) in [5.41, 5.74) is 5.20. The number of nitrogens with two attached hydrogens (primary N) is 1. The number of amides is 2. The van der Waals surface area contributed by atoms with E-state index in [1.807, 2.05) is 0 Å². The predicted molar refractivity (Wildman–Crippen MR) is 70.0 cm³/mol. The van der Waals surface area contributed by atoms with E-state index < -0.39 is 5.54 Å². The molecule has 0 aromatic rings. The van der Waals surface area contributed by atoms with E-state index in [1.165, 1.54) is 4.90 Å². The lowest BCUT2D eigenvalue weighted by molar-refractivity contribution is -0.135. The molecule has 18 heavy (non-hydrogen) atoms. The lowest BCUT2D eigenvalue weighted by Gasteiger charge is -2.22. The number of nitrogens with zero attached hydrogens (tertiary/aromatic N) is 1. The van der Waals surface area contributed by atoms with Crippen LogP contribution in [0, 0.1) is 0 Å². The van der Waals surface area contributed by atoms with Crippen molar-refractivity contribution in [1.29, 1.82) is 0 Å². The molecule has 0 saturated heterocycles. The molecule has 0 unspecified atom stereocenters. The van der Waals surface area contributed by atoms with Crippen LogP contribution in [-0.2, 0) is 14.3 Å². The molecular formula is C12H25N3O3. The molecule has 0 aromatic heterocycles. The first kappa shape index (κ1) is 16.9. The Hall–Kier alpha value is -1.14. The van der Waals surface area contributed by atoms with Gasteiger partial charge in [0.2, 0.25) is 11.8 Å². The van der Waals surface area contributed by atoms with Gasteiger partial charge >= 0.3 is 0 Å². The van der Waals surface area contributed by atoms with Crippen molar-refractivity contribution in [3.63, 3.8) is 0 Å². The van der Waals surface area contributed by atoms with Crippen molar-refractivity contribution >= 4 is 11.8 Å². The summed E-state index contributed by atoms with van der Waals surface area (Å²) in [6, 6.07) is 0. The summed E-state index contributed by atoms with van der Waals surface area (Å²) in [5, 5.41) is 2.72. The molecule has 2 amide bonds. The number of rotatable bonds is 8. The SMILES string of the molecule is COCCCNC(=O)CN(C)C(=O)CC(C)(C)N. The first-order valence-electron chi connectivity index (χ1n) is 6.05. The molecule has 0 saturated carbocycles. The zero-order valence-electron chi connectivity index (χ0n) is 11.8. The Morgan fingerprint density at radius 3 is 2.50 bits per heavy atom. The molecule has 0 aliphatic rings.